The smallest absolute Gasteiger partial charge is 0.355 e. The van der Waals surface area contributed by atoms with Crippen molar-refractivity contribution in [2.75, 3.05) is 13.2 Å². The van der Waals surface area contributed by atoms with Crippen LogP contribution >= 0.6 is 0 Å². The summed E-state index contributed by atoms with van der Waals surface area (Å²) in [7, 11) is 0. The quantitative estimate of drug-likeness (QED) is 0.613. The third-order valence-corrected chi connectivity index (χ3v) is 2.96. The van der Waals surface area contributed by atoms with Crippen LogP contribution in [-0.4, -0.2) is 30.0 Å². The van der Waals surface area contributed by atoms with E-state index in [0.717, 1.165) is 12.8 Å². The Morgan fingerprint density at radius 3 is 2.53 bits per heavy atom. The summed E-state index contributed by atoms with van der Waals surface area (Å²) in [6.07, 6.45) is 1.97. The highest BCUT2D eigenvalue weighted by Gasteiger charge is 2.22. The molecule has 0 saturated carbocycles. The minimum absolute atomic E-state index is 0.143. The van der Waals surface area contributed by atoms with Crippen molar-refractivity contribution in [3.63, 3.8) is 0 Å². The van der Waals surface area contributed by atoms with Crippen LogP contribution in [0.2, 0.25) is 0 Å². The first kappa shape index (κ1) is 15.3. The first-order valence-corrected chi connectivity index (χ1v) is 6.67. The number of hydrogen-bond donors (Lipinski definition) is 2. The van der Waals surface area contributed by atoms with E-state index in [1.165, 1.54) is 0 Å². The van der Waals surface area contributed by atoms with Gasteiger partial charge in [0.1, 0.15) is 5.69 Å². The molecule has 0 atom stereocenters. The van der Waals surface area contributed by atoms with Crippen LogP contribution in [0.5, 0.6) is 0 Å². The van der Waals surface area contributed by atoms with Gasteiger partial charge in [-0.25, -0.2) is 4.79 Å². The number of unbranched alkanes of at least 4 members (excludes halogenated alkanes) is 1. The van der Waals surface area contributed by atoms with Crippen molar-refractivity contribution in [3.05, 3.63) is 22.5 Å². The third kappa shape index (κ3) is 3.59. The van der Waals surface area contributed by atoms with Crippen LogP contribution in [0.15, 0.2) is 0 Å². The van der Waals surface area contributed by atoms with Gasteiger partial charge in [0.05, 0.1) is 12.2 Å². The summed E-state index contributed by atoms with van der Waals surface area (Å²) in [5.74, 6) is -0.564. The van der Waals surface area contributed by atoms with Gasteiger partial charge < -0.3 is 15.0 Å². The molecule has 106 valence electrons. The molecule has 5 heteroatoms. The lowest BCUT2D eigenvalue weighted by molar-refractivity contribution is 0.0519. The maximum Gasteiger partial charge on any atom is 0.355 e. The van der Waals surface area contributed by atoms with Crippen molar-refractivity contribution < 1.29 is 14.3 Å². The minimum atomic E-state index is -0.421. The van der Waals surface area contributed by atoms with Gasteiger partial charge in [0, 0.05) is 12.2 Å². The predicted octanol–water partition coefficient (Wildman–Crippen LogP) is 2.34. The summed E-state index contributed by atoms with van der Waals surface area (Å²) in [6.45, 7) is 8.32. The molecule has 1 aromatic rings. The van der Waals surface area contributed by atoms with E-state index >= 15 is 0 Å². The maximum atomic E-state index is 12.1. The van der Waals surface area contributed by atoms with E-state index in [-0.39, 0.29) is 5.91 Å². The second-order valence-electron chi connectivity index (χ2n) is 4.45. The van der Waals surface area contributed by atoms with Crippen molar-refractivity contribution in [2.45, 2.75) is 40.5 Å². The average Bonchev–Trinajstić information content (AvgIpc) is 2.65. The minimum Gasteiger partial charge on any atom is -0.461 e. The number of carbonyl (C=O) groups excluding carboxylic acids is 2. The first-order valence-electron chi connectivity index (χ1n) is 6.67. The van der Waals surface area contributed by atoms with Gasteiger partial charge in [0.25, 0.3) is 5.91 Å². The Morgan fingerprint density at radius 2 is 1.95 bits per heavy atom. The van der Waals surface area contributed by atoms with Crippen LogP contribution < -0.4 is 5.32 Å². The number of rotatable bonds is 6. The molecule has 0 bridgehead atoms. The molecule has 5 nitrogen and oxygen atoms in total. The highest BCUT2D eigenvalue weighted by atomic mass is 16.5. The van der Waals surface area contributed by atoms with Gasteiger partial charge in [-0.15, -0.1) is 0 Å². The van der Waals surface area contributed by atoms with Crippen molar-refractivity contribution in [1.82, 2.24) is 10.3 Å². The van der Waals surface area contributed by atoms with Gasteiger partial charge in [-0.1, -0.05) is 13.3 Å². The molecular formula is C14H22N2O3. The molecule has 0 fully saturated rings. The molecule has 19 heavy (non-hydrogen) atoms. The van der Waals surface area contributed by atoms with Gasteiger partial charge in [0.2, 0.25) is 0 Å². The number of aromatic nitrogens is 1. The lowest BCUT2D eigenvalue weighted by Gasteiger charge is -2.05. The van der Waals surface area contributed by atoms with Crippen molar-refractivity contribution in [2.24, 2.45) is 0 Å². The van der Waals surface area contributed by atoms with Gasteiger partial charge >= 0.3 is 5.97 Å². The number of hydrogen-bond acceptors (Lipinski definition) is 3. The summed E-state index contributed by atoms with van der Waals surface area (Å²) in [5.41, 5.74) is 2.23. The van der Waals surface area contributed by atoms with Gasteiger partial charge in [0.15, 0.2) is 0 Å². The Hall–Kier alpha value is -1.78. The molecule has 0 aromatic carbocycles. The van der Waals surface area contributed by atoms with Crippen molar-refractivity contribution >= 4 is 11.9 Å². The van der Waals surface area contributed by atoms with Gasteiger partial charge in [-0.2, -0.15) is 0 Å². The molecular weight excluding hydrogens is 244 g/mol. The maximum absolute atomic E-state index is 12.1. The third-order valence-electron chi connectivity index (χ3n) is 2.96. The zero-order valence-electron chi connectivity index (χ0n) is 12.1. The molecule has 0 radical (unpaired) electrons. The second-order valence-corrected chi connectivity index (χ2v) is 4.45. The van der Waals surface area contributed by atoms with Gasteiger partial charge in [-0.05, 0) is 32.8 Å². The SMILES string of the molecule is CCCCNC(=O)c1c(C)[nH]c(C(=O)OCC)c1C. The molecule has 1 rings (SSSR count). The zero-order valence-corrected chi connectivity index (χ0v) is 12.1. The Kier molecular flexibility index (Phi) is 5.60. The Labute approximate surface area is 113 Å². The van der Waals surface area contributed by atoms with Crippen LogP contribution in [-0.2, 0) is 4.74 Å². The van der Waals surface area contributed by atoms with E-state index in [2.05, 4.69) is 17.2 Å². The molecule has 0 aliphatic heterocycles. The molecule has 0 saturated heterocycles. The molecule has 0 unspecified atom stereocenters. The van der Waals surface area contributed by atoms with Crippen LogP contribution in [0, 0.1) is 13.8 Å². The molecule has 1 aromatic heterocycles. The predicted molar refractivity (Wildman–Crippen MR) is 73.5 cm³/mol. The molecule has 0 aliphatic rings. The lowest BCUT2D eigenvalue weighted by atomic mass is 10.1. The summed E-state index contributed by atoms with van der Waals surface area (Å²) >= 11 is 0. The van der Waals surface area contributed by atoms with E-state index in [4.69, 9.17) is 4.74 Å². The molecule has 2 N–H and O–H groups in total. The Bertz CT molecular complexity index is 464. The van der Waals surface area contributed by atoms with Crippen molar-refractivity contribution in [3.8, 4) is 0 Å². The first-order chi connectivity index (χ1) is 9.02. The lowest BCUT2D eigenvalue weighted by Crippen LogP contribution is -2.25. The van der Waals surface area contributed by atoms with E-state index in [9.17, 15) is 9.59 Å². The summed E-state index contributed by atoms with van der Waals surface area (Å²) in [5, 5.41) is 2.85. The standard InChI is InChI=1S/C14H22N2O3/c1-5-7-8-15-13(17)11-9(3)12(16-10(11)4)14(18)19-6-2/h16H,5-8H2,1-4H3,(H,15,17). The fraction of sp³-hybridized carbons (Fsp3) is 0.571. The van der Waals surface area contributed by atoms with Crippen LogP contribution in [0.1, 0.15) is 58.8 Å². The van der Waals surface area contributed by atoms with Crippen LogP contribution in [0.25, 0.3) is 0 Å². The fourth-order valence-electron chi connectivity index (χ4n) is 1.97. The number of aromatic amines is 1. The largest absolute Gasteiger partial charge is 0.461 e. The van der Waals surface area contributed by atoms with E-state index in [1.807, 2.05) is 0 Å². The molecule has 0 aliphatic carbocycles. The summed E-state index contributed by atoms with van der Waals surface area (Å²) in [6, 6.07) is 0. The highest BCUT2D eigenvalue weighted by molar-refractivity contribution is 6.01. The zero-order chi connectivity index (χ0) is 14.4. The number of esters is 1. The Morgan fingerprint density at radius 1 is 1.26 bits per heavy atom. The Balaban J connectivity index is 2.90. The highest BCUT2D eigenvalue weighted by Crippen LogP contribution is 2.18. The van der Waals surface area contributed by atoms with E-state index in [0.29, 0.717) is 35.7 Å². The van der Waals surface area contributed by atoms with Crippen molar-refractivity contribution in [1.29, 1.82) is 0 Å². The van der Waals surface area contributed by atoms with Gasteiger partial charge in [-0.3, -0.25) is 4.79 Å². The summed E-state index contributed by atoms with van der Waals surface area (Å²) in [4.78, 5) is 26.7. The van der Waals surface area contributed by atoms with E-state index < -0.39 is 5.97 Å². The number of ether oxygens (including phenoxy) is 1. The monoisotopic (exact) mass is 266 g/mol. The second kappa shape index (κ2) is 6.97. The van der Waals surface area contributed by atoms with E-state index in [1.54, 1.807) is 20.8 Å². The molecule has 1 heterocycles. The van der Waals surface area contributed by atoms with Crippen LogP contribution in [0.4, 0.5) is 0 Å². The number of H-pyrrole nitrogens is 1. The number of amides is 1. The number of nitrogens with one attached hydrogen (secondary N) is 2. The fourth-order valence-corrected chi connectivity index (χ4v) is 1.97. The topological polar surface area (TPSA) is 71.2 Å². The average molecular weight is 266 g/mol. The summed E-state index contributed by atoms with van der Waals surface area (Å²) < 4.78 is 4.95. The number of carbonyl (C=O) groups is 2. The van der Waals surface area contributed by atoms with Crippen LogP contribution in [0.3, 0.4) is 0 Å². The molecule has 0 spiro atoms. The normalized spacial score (nSPS) is 10.3. The number of aryl methyl sites for hydroxylation is 1. The molecule has 1 amide bonds.